The Bertz CT molecular complexity index is 748. The van der Waals surface area contributed by atoms with Crippen LogP contribution in [0.4, 0.5) is 5.82 Å². The van der Waals surface area contributed by atoms with Crippen LogP contribution in [0.15, 0.2) is 24.5 Å². The van der Waals surface area contributed by atoms with Crippen LogP contribution in [0.25, 0.3) is 0 Å². The van der Waals surface area contributed by atoms with E-state index in [0.29, 0.717) is 13.2 Å². The Labute approximate surface area is 142 Å². The number of hydrogen-bond donors (Lipinski definition) is 0. The third-order valence-corrected chi connectivity index (χ3v) is 4.49. The van der Waals surface area contributed by atoms with Gasteiger partial charge in [0.05, 0.1) is 5.69 Å². The first-order chi connectivity index (χ1) is 11.7. The maximum Gasteiger partial charge on any atom is 0.161 e. The molecule has 0 saturated carbocycles. The molecule has 0 fully saturated rings. The van der Waals surface area contributed by atoms with E-state index in [1.807, 2.05) is 20.2 Å². The van der Waals surface area contributed by atoms with Crippen molar-refractivity contribution in [3.63, 3.8) is 0 Å². The van der Waals surface area contributed by atoms with Gasteiger partial charge >= 0.3 is 0 Å². The summed E-state index contributed by atoms with van der Waals surface area (Å²) < 4.78 is 11.3. The van der Waals surface area contributed by atoms with Crippen molar-refractivity contribution in [3.8, 4) is 11.5 Å². The zero-order chi connectivity index (χ0) is 16.5. The maximum absolute atomic E-state index is 5.69. The molecule has 24 heavy (non-hydrogen) atoms. The van der Waals surface area contributed by atoms with E-state index in [1.54, 1.807) is 6.33 Å². The number of anilines is 1. The van der Waals surface area contributed by atoms with E-state index >= 15 is 0 Å². The molecule has 4 rings (SSSR count). The van der Waals surface area contributed by atoms with Gasteiger partial charge in [0.2, 0.25) is 0 Å². The van der Waals surface area contributed by atoms with Crippen molar-refractivity contribution in [2.24, 2.45) is 0 Å². The van der Waals surface area contributed by atoms with Crippen molar-refractivity contribution in [2.75, 3.05) is 38.8 Å². The van der Waals surface area contributed by atoms with Gasteiger partial charge in [0.25, 0.3) is 0 Å². The average molecular weight is 326 g/mol. The molecule has 0 unspecified atom stereocenters. The number of aromatic nitrogens is 2. The average Bonchev–Trinajstić information content (AvgIpc) is 2.61. The summed E-state index contributed by atoms with van der Waals surface area (Å²) in [4.78, 5) is 13.4. The first kappa shape index (κ1) is 15.2. The first-order valence-electron chi connectivity index (χ1n) is 8.31. The highest BCUT2D eigenvalue weighted by atomic mass is 16.6. The second kappa shape index (κ2) is 6.28. The van der Waals surface area contributed by atoms with E-state index in [2.05, 4.69) is 31.9 Å². The second-order valence-electron chi connectivity index (χ2n) is 6.46. The molecule has 1 aromatic heterocycles. The molecule has 0 spiro atoms. The normalized spacial score (nSPS) is 16.6. The molecule has 3 heterocycles. The van der Waals surface area contributed by atoms with Crippen molar-refractivity contribution in [2.45, 2.75) is 19.5 Å². The van der Waals surface area contributed by atoms with Gasteiger partial charge < -0.3 is 14.4 Å². The van der Waals surface area contributed by atoms with E-state index in [-0.39, 0.29) is 0 Å². The molecule has 0 saturated heterocycles. The van der Waals surface area contributed by atoms with Gasteiger partial charge in [-0.1, -0.05) is 6.07 Å². The predicted octanol–water partition coefficient (Wildman–Crippen LogP) is 1.87. The minimum atomic E-state index is 0.622. The van der Waals surface area contributed by atoms with Crippen LogP contribution in [-0.4, -0.2) is 48.7 Å². The van der Waals surface area contributed by atoms with Gasteiger partial charge in [-0.15, -0.1) is 0 Å². The van der Waals surface area contributed by atoms with Crippen LogP contribution in [0.1, 0.15) is 16.8 Å². The molecule has 0 amide bonds. The largest absolute Gasteiger partial charge is 0.486 e. The van der Waals surface area contributed by atoms with Crippen LogP contribution >= 0.6 is 0 Å². The third kappa shape index (κ3) is 2.89. The lowest BCUT2D eigenvalue weighted by molar-refractivity contribution is 0.171. The number of nitrogens with zero attached hydrogens (tertiary/aromatic N) is 4. The van der Waals surface area contributed by atoms with Gasteiger partial charge in [-0.2, -0.15) is 0 Å². The van der Waals surface area contributed by atoms with Crippen molar-refractivity contribution >= 4 is 5.82 Å². The van der Waals surface area contributed by atoms with Crippen molar-refractivity contribution < 1.29 is 9.47 Å². The van der Waals surface area contributed by atoms with Gasteiger partial charge in [0.15, 0.2) is 11.5 Å². The van der Waals surface area contributed by atoms with Gasteiger partial charge in [-0.3, -0.25) is 4.90 Å². The molecule has 2 aliphatic rings. The second-order valence-corrected chi connectivity index (χ2v) is 6.46. The van der Waals surface area contributed by atoms with Crippen LogP contribution in [-0.2, 0) is 19.5 Å². The summed E-state index contributed by atoms with van der Waals surface area (Å²) in [6.07, 6.45) is 2.63. The molecule has 0 aliphatic carbocycles. The Morgan fingerprint density at radius 3 is 2.79 bits per heavy atom. The smallest absolute Gasteiger partial charge is 0.161 e. The van der Waals surface area contributed by atoms with E-state index in [1.165, 1.54) is 16.8 Å². The summed E-state index contributed by atoms with van der Waals surface area (Å²) in [7, 11) is 4.06. The zero-order valence-corrected chi connectivity index (χ0v) is 14.2. The highest BCUT2D eigenvalue weighted by molar-refractivity contribution is 5.48. The van der Waals surface area contributed by atoms with Gasteiger partial charge in [-0.05, 0) is 17.7 Å². The van der Waals surface area contributed by atoms with Crippen LogP contribution in [0.5, 0.6) is 11.5 Å². The summed E-state index contributed by atoms with van der Waals surface area (Å²) in [5, 5.41) is 0. The minimum absolute atomic E-state index is 0.622. The molecule has 1 aromatic carbocycles. The highest BCUT2D eigenvalue weighted by Gasteiger charge is 2.22. The standard InChI is InChI=1S/C18H22N4O2/c1-21(2)18-14-11-22(6-5-15(14)19-12-20-18)10-13-3-4-16-17(9-13)24-8-7-23-16/h3-4,9,12H,5-8,10-11H2,1-2H3. The van der Waals surface area contributed by atoms with Gasteiger partial charge in [0.1, 0.15) is 25.4 Å². The number of hydrogen-bond acceptors (Lipinski definition) is 6. The van der Waals surface area contributed by atoms with E-state index in [4.69, 9.17) is 9.47 Å². The van der Waals surface area contributed by atoms with Crippen LogP contribution in [0, 0.1) is 0 Å². The Morgan fingerprint density at radius 1 is 1.12 bits per heavy atom. The molecule has 126 valence electrons. The lowest BCUT2D eigenvalue weighted by Gasteiger charge is -2.30. The summed E-state index contributed by atoms with van der Waals surface area (Å²) in [5.41, 5.74) is 3.66. The molecular formula is C18H22N4O2. The molecule has 0 atom stereocenters. The Balaban J connectivity index is 1.53. The predicted molar refractivity (Wildman–Crippen MR) is 91.6 cm³/mol. The first-order valence-corrected chi connectivity index (χ1v) is 8.31. The molecule has 2 aliphatic heterocycles. The lowest BCUT2D eigenvalue weighted by Crippen LogP contribution is -2.32. The summed E-state index contributed by atoms with van der Waals surface area (Å²) in [5.74, 6) is 2.72. The fourth-order valence-corrected chi connectivity index (χ4v) is 3.35. The molecule has 6 heteroatoms. The number of fused-ring (bicyclic) bond motifs is 2. The maximum atomic E-state index is 5.69. The molecule has 0 bridgehead atoms. The van der Waals surface area contributed by atoms with E-state index in [0.717, 1.165) is 43.4 Å². The zero-order valence-electron chi connectivity index (χ0n) is 14.2. The van der Waals surface area contributed by atoms with Gasteiger partial charge in [-0.25, -0.2) is 9.97 Å². The SMILES string of the molecule is CN(C)c1ncnc2c1CN(Cc1ccc3c(c1)OCCO3)CC2. The number of ether oxygens (including phenoxy) is 2. The molecular weight excluding hydrogens is 304 g/mol. The fourth-order valence-electron chi connectivity index (χ4n) is 3.35. The third-order valence-electron chi connectivity index (χ3n) is 4.49. The Kier molecular flexibility index (Phi) is 3.98. The number of rotatable bonds is 3. The van der Waals surface area contributed by atoms with E-state index in [9.17, 15) is 0 Å². The van der Waals surface area contributed by atoms with Crippen LogP contribution in [0.2, 0.25) is 0 Å². The monoisotopic (exact) mass is 326 g/mol. The topological polar surface area (TPSA) is 50.7 Å². The molecule has 0 radical (unpaired) electrons. The Morgan fingerprint density at radius 2 is 1.96 bits per heavy atom. The number of benzene rings is 1. The van der Waals surface area contributed by atoms with Crippen molar-refractivity contribution in [1.82, 2.24) is 14.9 Å². The van der Waals surface area contributed by atoms with Crippen LogP contribution < -0.4 is 14.4 Å². The van der Waals surface area contributed by atoms with Crippen molar-refractivity contribution in [1.29, 1.82) is 0 Å². The highest BCUT2D eigenvalue weighted by Crippen LogP contribution is 2.32. The lowest BCUT2D eigenvalue weighted by atomic mass is 10.0. The molecule has 2 aromatic rings. The molecule has 0 N–H and O–H groups in total. The summed E-state index contributed by atoms with van der Waals surface area (Å²) in [6, 6.07) is 6.23. The van der Waals surface area contributed by atoms with Crippen molar-refractivity contribution in [3.05, 3.63) is 41.3 Å². The van der Waals surface area contributed by atoms with Gasteiger partial charge in [0, 0.05) is 45.7 Å². The summed E-state index contributed by atoms with van der Waals surface area (Å²) >= 11 is 0. The summed E-state index contributed by atoms with van der Waals surface area (Å²) in [6.45, 7) is 4.01. The minimum Gasteiger partial charge on any atom is -0.486 e. The Hall–Kier alpha value is -2.34. The quantitative estimate of drug-likeness (QED) is 0.858. The van der Waals surface area contributed by atoms with E-state index < -0.39 is 0 Å². The van der Waals surface area contributed by atoms with Crippen LogP contribution in [0.3, 0.4) is 0 Å². The fraction of sp³-hybridized carbons (Fsp3) is 0.444. The molecule has 6 nitrogen and oxygen atoms in total.